The van der Waals surface area contributed by atoms with Gasteiger partial charge in [0.15, 0.2) is 0 Å². The van der Waals surface area contributed by atoms with Crippen LogP contribution in [0.15, 0.2) is 12.7 Å². The molecule has 0 aliphatic rings. The number of quaternary nitrogens is 1. The van der Waals surface area contributed by atoms with Crippen molar-refractivity contribution in [2.24, 2.45) is 0 Å². The number of carbonyl (C=O) groups is 1. The van der Waals surface area contributed by atoms with Gasteiger partial charge >= 0.3 is 0 Å². The highest BCUT2D eigenvalue weighted by atomic mass is 16.2. The van der Waals surface area contributed by atoms with E-state index in [4.69, 9.17) is 0 Å². The van der Waals surface area contributed by atoms with Crippen LogP contribution in [-0.2, 0) is 4.79 Å². The summed E-state index contributed by atoms with van der Waals surface area (Å²) in [5.41, 5.74) is 2.65. The Balaban J connectivity index is 3.74. The molecule has 0 saturated heterocycles. The molecule has 1 N–H and O–H groups in total. The number of nitrogens with zero attached hydrogens (tertiary/aromatic N) is 1. The predicted octanol–water partition coefficient (Wildman–Crippen LogP) is -0.0902. The average Bonchev–Trinajstić information content (AvgIpc) is 1.62. The molecule has 3 nitrogen and oxygen atoms in total. The van der Waals surface area contributed by atoms with Gasteiger partial charge in [0.25, 0.3) is 5.91 Å². The minimum atomic E-state index is -0.150. The minimum Gasteiger partial charge on any atom is -0.265 e. The molecule has 0 saturated carbocycles. The molecule has 0 spiro atoms. The van der Waals surface area contributed by atoms with E-state index >= 15 is 0 Å². The van der Waals surface area contributed by atoms with E-state index < -0.39 is 0 Å². The Bertz CT molecular complexity index is 124. The summed E-state index contributed by atoms with van der Waals surface area (Å²) >= 11 is 0. The van der Waals surface area contributed by atoms with Gasteiger partial charge in [0.05, 0.1) is 21.1 Å². The summed E-state index contributed by atoms with van der Waals surface area (Å²) in [7, 11) is 5.59. The van der Waals surface area contributed by atoms with Crippen LogP contribution in [0, 0.1) is 0 Å². The Labute approximate surface area is 55.5 Å². The van der Waals surface area contributed by atoms with Crippen molar-refractivity contribution in [3.05, 3.63) is 12.7 Å². The fourth-order valence-corrected chi connectivity index (χ4v) is 0.376. The van der Waals surface area contributed by atoms with Gasteiger partial charge in [0.2, 0.25) is 0 Å². The Hall–Kier alpha value is -0.830. The van der Waals surface area contributed by atoms with Crippen molar-refractivity contribution in [2.45, 2.75) is 0 Å². The lowest BCUT2D eigenvalue weighted by Gasteiger charge is -2.22. The third-order valence-electron chi connectivity index (χ3n) is 0.631. The third-order valence-corrected chi connectivity index (χ3v) is 0.631. The minimum absolute atomic E-state index is 0.150. The quantitative estimate of drug-likeness (QED) is 0.315. The molecular weight excluding hydrogens is 116 g/mol. The monoisotopic (exact) mass is 129 g/mol. The Morgan fingerprint density at radius 2 is 2.00 bits per heavy atom. The molecule has 0 unspecified atom stereocenters. The van der Waals surface area contributed by atoms with E-state index in [1.54, 1.807) is 0 Å². The van der Waals surface area contributed by atoms with Crippen molar-refractivity contribution in [2.75, 3.05) is 21.1 Å². The van der Waals surface area contributed by atoms with E-state index in [-0.39, 0.29) is 5.91 Å². The lowest BCUT2D eigenvalue weighted by Crippen LogP contribution is -2.50. The summed E-state index contributed by atoms with van der Waals surface area (Å²) in [5.74, 6) is -0.150. The van der Waals surface area contributed by atoms with Crippen LogP contribution in [0.5, 0.6) is 0 Å². The molecule has 0 aromatic rings. The molecule has 0 rings (SSSR count). The molecule has 0 radical (unpaired) electrons. The molecule has 1 amide bonds. The van der Waals surface area contributed by atoms with Crippen LogP contribution in [0.4, 0.5) is 0 Å². The number of hydrogen-bond donors (Lipinski definition) is 1. The van der Waals surface area contributed by atoms with Gasteiger partial charge in [0.1, 0.15) is 0 Å². The SMILES string of the molecule is C=CC(=O)N[N+](C)(C)C. The summed E-state index contributed by atoms with van der Waals surface area (Å²) < 4.78 is 0.421. The van der Waals surface area contributed by atoms with Crippen molar-refractivity contribution in [3.8, 4) is 0 Å². The molecule has 0 bridgehead atoms. The maximum atomic E-state index is 10.6. The smallest absolute Gasteiger partial charge is 0.265 e. The van der Waals surface area contributed by atoms with Crippen molar-refractivity contribution >= 4 is 5.91 Å². The maximum Gasteiger partial charge on any atom is 0.288 e. The Morgan fingerprint density at radius 3 is 2.11 bits per heavy atom. The summed E-state index contributed by atoms with van der Waals surface area (Å²) in [6.45, 7) is 3.32. The normalized spacial score (nSPS) is 10.6. The molecule has 52 valence electrons. The standard InChI is InChI=1S/C6H12N2O/c1-5-6(9)7-8(2,3)4/h5H,1H2,2-4H3/p+1. The summed E-state index contributed by atoms with van der Waals surface area (Å²) in [4.78, 5) is 10.6. The van der Waals surface area contributed by atoms with E-state index in [0.29, 0.717) is 4.59 Å². The van der Waals surface area contributed by atoms with E-state index in [2.05, 4.69) is 12.0 Å². The number of rotatable bonds is 2. The molecule has 0 fully saturated rings. The summed E-state index contributed by atoms with van der Waals surface area (Å²) in [6, 6.07) is 0. The van der Waals surface area contributed by atoms with Gasteiger partial charge in [-0.3, -0.25) is 4.79 Å². The highest BCUT2D eigenvalue weighted by molar-refractivity contribution is 5.85. The lowest BCUT2D eigenvalue weighted by molar-refractivity contribution is -0.905. The zero-order chi connectivity index (χ0) is 7.49. The van der Waals surface area contributed by atoms with Gasteiger partial charge in [-0.1, -0.05) is 6.58 Å². The second-order valence-electron chi connectivity index (χ2n) is 2.69. The highest BCUT2D eigenvalue weighted by Gasteiger charge is 2.07. The molecule has 0 aromatic carbocycles. The first-order valence-electron chi connectivity index (χ1n) is 2.72. The summed E-state index contributed by atoms with van der Waals surface area (Å²) in [5, 5.41) is 0. The van der Waals surface area contributed by atoms with E-state index in [9.17, 15) is 4.79 Å². The predicted molar refractivity (Wildman–Crippen MR) is 36.4 cm³/mol. The zero-order valence-corrected chi connectivity index (χ0v) is 6.14. The van der Waals surface area contributed by atoms with Crippen LogP contribution in [0.2, 0.25) is 0 Å². The molecule has 0 aromatic heterocycles. The van der Waals surface area contributed by atoms with E-state index in [1.165, 1.54) is 6.08 Å². The Morgan fingerprint density at radius 1 is 1.56 bits per heavy atom. The summed E-state index contributed by atoms with van der Waals surface area (Å²) in [6.07, 6.45) is 1.25. The van der Waals surface area contributed by atoms with Crippen molar-refractivity contribution in [1.29, 1.82) is 0 Å². The topological polar surface area (TPSA) is 29.1 Å². The molecule has 0 aliphatic carbocycles. The van der Waals surface area contributed by atoms with Gasteiger partial charge < -0.3 is 0 Å². The number of amides is 1. The highest BCUT2D eigenvalue weighted by Crippen LogP contribution is 1.80. The average molecular weight is 129 g/mol. The van der Waals surface area contributed by atoms with E-state index in [1.807, 2.05) is 21.1 Å². The van der Waals surface area contributed by atoms with Crippen LogP contribution in [0.3, 0.4) is 0 Å². The van der Waals surface area contributed by atoms with Crippen molar-refractivity contribution in [3.63, 3.8) is 0 Å². The van der Waals surface area contributed by atoms with Crippen molar-refractivity contribution < 1.29 is 9.39 Å². The van der Waals surface area contributed by atoms with Crippen LogP contribution >= 0.6 is 0 Å². The van der Waals surface area contributed by atoms with Gasteiger partial charge in [-0.15, -0.1) is 0 Å². The number of nitrogens with one attached hydrogen (secondary N) is 1. The molecular formula is C6H13N2O+. The molecule has 9 heavy (non-hydrogen) atoms. The first-order valence-corrected chi connectivity index (χ1v) is 2.72. The lowest BCUT2D eigenvalue weighted by atomic mass is 10.6. The third kappa shape index (κ3) is 5.03. The second-order valence-corrected chi connectivity index (χ2v) is 2.69. The van der Waals surface area contributed by atoms with Gasteiger partial charge in [0, 0.05) is 6.08 Å². The molecule has 3 heteroatoms. The van der Waals surface area contributed by atoms with Crippen molar-refractivity contribution in [1.82, 2.24) is 5.43 Å². The largest absolute Gasteiger partial charge is 0.288 e. The zero-order valence-electron chi connectivity index (χ0n) is 6.14. The van der Waals surface area contributed by atoms with Gasteiger partial charge in [-0.05, 0) is 0 Å². The first-order chi connectivity index (χ1) is 3.95. The first kappa shape index (κ1) is 8.17. The van der Waals surface area contributed by atoms with Gasteiger partial charge in [-0.2, -0.15) is 5.43 Å². The number of hydrogen-bond acceptors (Lipinski definition) is 1. The van der Waals surface area contributed by atoms with Crippen LogP contribution < -0.4 is 5.43 Å². The molecule has 0 heterocycles. The van der Waals surface area contributed by atoms with Crippen LogP contribution in [0.25, 0.3) is 0 Å². The fourth-order valence-electron chi connectivity index (χ4n) is 0.376. The van der Waals surface area contributed by atoms with Crippen LogP contribution in [-0.4, -0.2) is 31.6 Å². The van der Waals surface area contributed by atoms with Gasteiger partial charge in [-0.25, -0.2) is 4.59 Å². The molecule has 0 aliphatic heterocycles. The maximum absolute atomic E-state index is 10.6. The molecule has 0 atom stereocenters. The van der Waals surface area contributed by atoms with Crippen LogP contribution in [0.1, 0.15) is 0 Å². The fraction of sp³-hybridized carbons (Fsp3) is 0.500. The van der Waals surface area contributed by atoms with E-state index in [0.717, 1.165) is 0 Å². The Kier molecular flexibility index (Phi) is 2.40. The number of carbonyl (C=O) groups excluding carboxylic acids is 1. The second kappa shape index (κ2) is 2.64.